The predicted octanol–water partition coefficient (Wildman–Crippen LogP) is 0.657. The summed E-state index contributed by atoms with van der Waals surface area (Å²) in [6.45, 7) is 5.13. The highest BCUT2D eigenvalue weighted by atomic mass is 32.2. The lowest BCUT2D eigenvalue weighted by Gasteiger charge is -2.40. The van der Waals surface area contributed by atoms with Crippen LogP contribution in [-0.2, 0) is 21.4 Å². The van der Waals surface area contributed by atoms with Gasteiger partial charge in [0.2, 0.25) is 15.9 Å². The van der Waals surface area contributed by atoms with E-state index in [0.29, 0.717) is 19.6 Å². The van der Waals surface area contributed by atoms with Crippen molar-refractivity contribution >= 4 is 15.9 Å². The van der Waals surface area contributed by atoms with Crippen LogP contribution in [0.5, 0.6) is 0 Å². The van der Waals surface area contributed by atoms with Gasteiger partial charge in [-0.25, -0.2) is 8.42 Å². The molecule has 0 spiro atoms. The van der Waals surface area contributed by atoms with Crippen LogP contribution in [-0.4, -0.2) is 61.5 Å². The van der Waals surface area contributed by atoms with Gasteiger partial charge in [0.05, 0.1) is 5.25 Å². The summed E-state index contributed by atoms with van der Waals surface area (Å²) < 4.78 is 26.2. The number of likely N-dealkylation sites (N-methyl/N-ethyl adjacent to an activating group) is 1. The van der Waals surface area contributed by atoms with Crippen LogP contribution in [0.3, 0.4) is 0 Å². The van der Waals surface area contributed by atoms with E-state index in [1.54, 1.807) is 20.9 Å². The van der Waals surface area contributed by atoms with Crippen molar-refractivity contribution in [3.05, 3.63) is 35.9 Å². The molecule has 128 valence electrons. The Morgan fingerprint density at radius 3 is 2.48 bits per heavy atom. The molecule has 1 aliphatic heterocycles. The fourth-order valence-corrected chi connectivity index (χ4v) is 4.03. The molecule has 1 amide bonds. The summed E-state index contributed by atoms with van der Waals surface area (Å²) in [5.74, 6) is -0.149. The molecule has 0 radical (unpaired) electrons. The Balaban J connectivity index is 2.17. The molecule has 6 nitrogen and oxygen atoms in total. The van der Waals surface area contributed by atoms with Gasteiger partial charge in [-0.1, -0.05) is 30.3 Å². The van der Waals surface area contributed by atoms with Crippen molar-refractivity contribution in [1.29, 1.82) is 0 Å². The Morgan fingerprint density at radius 1 is 1.26 bits per heavy atom. The number of nitrogens with zero attached hydrogens (tertiary/aromatic N) is 2. The maximum atomic E-state index is 12.4. The van der Waals surface area contributed by atoms with Crippen LogP contribution < -0.4 is 5.32 Å². The van der Waals surface area contributed by atoms with Crippen LogP contribution >= 0.6 is 0 Å². The van der Waals surface area contributed by atoms with Crippen molar-refractivity contribution in [2.45, 2.75) is 31.7 Å². The van der Waals surface area contributed by atoms with Crippen LogP contribution in [0.4, 0.5) is 0 Å². The molecule has 1 fully saturated rings. The van der Waals surface area contributed by atoms with Crippen molar-refractivity contribution in [2.24, 2.45) is 0 Å². The highest BCUT2D eigenvalue weighted by molar-refractivity contribution is 7.89. The third-order valence-electron chi connectivity index (χ3n) is 4.19. The van der Waals surface area contributed by atoms with Crippen molar-refractivity contribution in [1.82, 2.24) is 14.5 Å². The molecule has 1 aliphatic rings. The molecule has 7 heteroatoms. The third kappa shape index (κ3) is 4.10. The minimum absolute atomic E-state index is 0.149. The molecule has 1 aromatic carbocycles. The van der Waals surface area contributed by atoms with Crippen LogP contribution in [0, 0.1) is 0 Å². The molecule has 1 N–H and O–H groups in total. The number of carbonyl (C=O) groups excluding carboxylic acids is 1. The lowest BCUT2D eigenvalue weighted by atomic mass is 10.1. The molecule has 23 heavy (non-hydrogen) atoms. The van der Waals surface area contributed by atoms with E-state index in [-0.39, 0.29) is 12.5 Å². The number of rotatable bonds is 5. The fraction of sp³-hybridized carbons (Fsp3) is 0.562. The Kier molecular flexibility index (Phi) is 5.78. The summed E-state index contributed by atoms with van der Waals surface area (Å²) in [6, 6.07) is 9.43. The van der Waals surface area contributed by atoms with E-state index in [2.05, 4.69) is 5.32 Å². The van der Waals surface area contributed by atoms with Crippen LogP contribution in [0.1, 0.15) is 19.4 Å². The van der Waals surface area contributed by atoms with Crippen LogP contribution in [0.25, 0.3) is 0 Å². The molecule has 0 aromatic heterocycles. The quantitative estimate of drug-likeness (QED) is 0.855. The van der Waals surface area contributed by atoms with Gasteiger partial charge in [-0.2, -0.15) is 4.31 Å². The first kappa shape index (κ1) is 17.9. The van der Waals surface area contributed by atoms with E-state index < -0.39 is 21.3 Å². The first-order valence-electron chi connectivity index (χ1n) is 7.84. The summed E-state index contributed by atoms with van der Waals surface area (Å²) in [6.07, 6.45) is 0. The summed E-state index contributed by atoms with van der Waals surface area (Å²) in [4.78, 5) is 14.3. The van der Waals surface area contributed by atoms with Crippen molar-refractivity contribution in [3.8, 4) is 0 Å². The monoisotopic (exact) mass is 339 g/mol. The molecule has 1 heterocycles. The average Bonchev–Trinajstić information content (AvgIpc) is 2.55. The fourth-order valence-electron chi connectivity index (χ4n) is 2.75. The molecule has 0 saturated carbocycles. The Morgan fingerprint density at radius 2 is 1.91 bits per heavy atom. The molecule has 1 saturated heterocycles. The number of sulfonamides is 1. The van der Waals surface area contributed by atoms with Gasteiger partial charge in [0.15, 0.2) is 0 Å². The SMILES string of the molecule is CNC(=O)[C@@H]1CN(S(=O)(=O)C(C)C)CCN1Cc1ccccc1. The van der Waals surface area contributed by atoms with Gasteiger partial charge in [0.25, 0.3) is 0 Å². The minimum atomic E-state index is -3.34. The molecule has 2 rings (SSSR count). The van der Waals surface area contributed by atoms with Crippen LogP contribution in [0.2, 0.25) is 0 Å². The number of carbonyl (C=O) groups is 1. The van der Waals surface area contributed by atoms with E-state index in [1.807, 2.05) is 35.2 Å². The number of nitrogens with one attached hydrogen (secondary N) is 1. The lowest BCUT2D eigenvalue weighted by Crippen LogP contribution is -2.60. The van der Waals surface area contributed by atoms with Gasteiger partial charge < -0.3 is 5.32 Å². The smallest absolute Gasteiger partial charge is 0.238 e. The van der Waals surface area contributed by atoms with Crippen molar-refractivity contribution in [3.63, 3.8) is 0 Å². The number of hydrogen-bond acceptors (Lipinski definition) is 4. The standard InChI is InChI=1S/C16H25N3O3S/c1-13(2)23(21,22)19-10-9-18(15(12-19)16(20)17-3)11-14-7-5-4-6-8-14/h4-8,13,15H,9-12H2,1-3H3,(H,17,20)/t15-/m0/s1. The van der Waals surface area contributed by atoms with E-state index >= 15 is 0 Å². The lowest BCUT2D eigenvalue weighted by molar-refractivity contribution is -0.127. The van der Waals surface area contributed by atoms with Crippen LogP contribution in [0.15, 0.2) is 30.3 Å². The zero-order valence-electron chi connectivity index (χ0n) is 13.9. The van der Waals surface area contributed by atoms with Gasteiger partial charge in [0.1, 0.15) is 6.04 Å². The molecular formula is C16H25N3O3S. The average molecular weight is 339 g/mol. The summed E-state index contributed by atoms with van der Waals surface area (Å²) in [7, 11) is -1.76. The summed E-state index contributed by atoms with van der Waals surface area (Å²) >= 11 is 0. The maximum Gasteiger partial charge on any atom is 0.238 e. The maximum absolute atomic E-state index is 12.4. The molecule has 0 unspecified atom stereocenters. The van der Waals surface area contributed by atoms with Gasteiger partial charge in [-0.15, -0.1) is 0 Å². The zero-order chi connectivity index (χ0) is 17.0. The number of amides is 1. The summed E-state index contributed by atoms with van der Waals surface area (Å²) in [5.41, 5.74) is 1.11. The minimum Gasteiger partial charge on any atom is -0.358 e. The van der Waals surface area contributed by atoms with Gasteiger partial charge in [-0.05, 0) is 19.4 Å². The van der Waals surface area contributed by atoms with E-state index in [0.717, 1.165) is 5.56 Å². The Bertz CT molecular complexity index is 631. The van der Waals surface area contributed by atoms with Crippen molar-refractivity contribution in [2.75, 3.05) is 26.7 Å². The first-order valence-corrected chi connectivity index (χ1v) is 9.35. The molecule has 1 aromatic rings. The van der Waals surface area contributed by atoms with Crippen molar-refractivity contribution < 1.29 is 13.2 Å². The second-order valence-corrected chi connectivity index (χ2v) is 8.53. The first-order chi connectivity index (χ1) is 10.9. The third-order valence-corrected chi connectivity index (χ3v) is 6.43. The van der Waals surface area contributed by atoms with Gasteiger partial charge in [-0.3, -0.25) is 9.69 Å². The molecule has 0 aliphatic carbocycles. The number of piperazine rings is 1. The molecule has 1 atom stereocenters. The summed E-state index contributed by atoms with van der Waals surface area (Å²) in [5, 5.41) is 2.17. The molecule has 0 bridgehead atoms. The van der Waals surface area contributed by atoms with Gasteiger partial charge >= 0.3 is 0 Å². The zero-order valence-corrected chi connectivity index (χ0v) is 14.7. The normalized spacial score (nSPS) is 20.6. The largest absolute Gasteiger partial charge is 0.358 e. The second kappa shape index (κ2) is 7.42. The number of benzene rings is 1. The topological polar surface area (TPSA) is 69.7 Å². The van der Waals surface area contributed by atoms with E-state index in [9.17, 15) is 13.2 Å². The highest BCUT2D eigenvalue weighted by Crippen LogP contribution is 2.19. The Labute approximate surface area is 138 Å². The van der Waals surface area contributed by atoms with E-state index in [1.165, 1.54) is 4.31 Å². The van der Waals surface area contributed by atoms with Gasteiger partial charge in [0, 0.05) is 33.2 Å². The molecular weight excluding hydrogens is 314 g/mol. The Hall–Kier alpha value is -1.44. The highest BCUT2D eigenvalue weighted by Gasteiger charge is 2.37. The predicted molar refractivity (Wildman–Crippen MR) is 90.3 cm³/mol. The number of hydrogen-bond donors (Lipinski definition) is 1. The second-order valence-electron chi connectivity index (χ2n) is 6.04. The van der Waals surface area contributed by atoms with E-state index in [4.69, 9.17) is 0 Å².